The van der Waals surface area contributed by atoms with Gasteiger partial charge < -0.3 is 9.73 Å². The van der Waals surface area contributed by atoms with Gasteiger partial charge in [-0.15, -0.1) is 10.2 Å². The van der Waals surface area contributed by atoms with Crippen LogP contribution >= 0.6 is 23.4 Å². The van der Waals surface area contributed by atoms with E-state index in [4.69, 9.17) is 16.0 Å². The molecule has 35 heavy (non-hydrogen) atoms. The molecule has 2 aromatic carbocycles. The fourth-order valence-corrected chi connectivity index (χ4v) is 4.39. The molecule has 0 fully saturated rings. The van der Waals surface area contributed by atoms with Gasteiger partial charge in [0, 0.05) is 17.4 Å². The van der Waals surface area contributed by atoms with Gasteiger partial charge in [0.1, 0.15) is 6.26 Å². The lowest BCUT2D eigenvalue weighted by Crippen LogP contribution is -2.23. The Morgan fingerprint density at radius 1 is 1.00 bits per heavy atom. The van der Waals surface area contributed by atoms with E-state index in [2.05, 4.69) is 25.5 Å². The van der Waals surface area contributed by atoms with Gasteiger partial charge in [0.25, 0.3) is 5.91 Å². The zero-order valence-electron chi connectivity index (χ0n) is 18.3. The summed E-state index contributed by atoms with van der Waals surface area (Å²) in [5.41, 5.74) is 2.64. The van der Waals surface area contributed by atoms with E-state index in [0.717, 1.165) is 16.9 Å². The number of thioether (sulfide) groups is 1. The lowest BCUT2D eigenvalue weighted by Gasteiger charge is -2.10. The highest BCUT2D eigenvalue weighted by molar-refractivity contribution is 7.98. The second-order valence-corrected chi connectivity index (χ2v) is 8.73. The van der Waals surface area contributed by atoms with Gasteiger partial charge in [-0.3, -0.25) is 14.3 Å². The first-order valence-corrected chi connectivity index (χ1v) is 12.1. The predicted octanol–water partition coefficient (Wildman–Crippen LogP) is 5.19. The van der Waals surface area contributed by atoms with Crippen molar-refractivity contribution in [3.63, 3.8) is 0 Å². The second kappa shape index (κ2) is 10.5. The number of halogens is 1. The minimum Gasteiger partial charge on any atom is -0.447 e. The molecule has 0 aliphatic rings. The van der Waals surface area contributed by atoms with Crippen LogP contribution in [0.5, 0.6) is 0 Å². The molecule has 0 aliphatic carbocycles. The van der Waals surface area contributed by atoms with E-state index in [-0.39, 0.29) is 11.6 Å². The summed E-state index contributed by atoms with van der Waals surface area (Å²) in [6.45, 7) is 0.307. The molecule has 0 spiro atoms. The molecule has 8 nitrogen and oxygen atoms in total. The predicted molar refractivity (Wildman–Crippen MR) is 133 cm³/mol. The van der Waals surface area contributed by atoms with E-state index in [1.54, 1.807) is 6.20 Å². The average molecular weight is 503 g/mol. The molecular weight excluding hydrogens is 484 g/mol. The summed E-state index contributed by atoms with van der Waals surface area (Å²) in [6, 6.07) is 22.8. The Balaban J connectivity index is 1.33. The van der Waals surface area contributed by atoms with Gasteiger partial charge in [0.05, 0.1) is 23.0 Å². The summed E-state index contributed by atoms with van der Waals surface area (Å²) in [6.07, 6.45) is 3.03. The van der Waals surface area contributed by atoms with Crippen LogP contribution in [-0.2, 0) is 12.3 Å². The molecule has 3 aromatic heterocycles. The number of nitrogens with one attached hydrogen (secondary N) is 1. The fourth-order valence-electron chi connectivity index (χ4n) is 3.36. The summed E-state index contributed by atoms with van der Waals surface area (Å²) in [7, 11) is 0. The Bertz CT molecular complexity index is 1440. The van der Waals surface area contributed by atoms with Crippen molar-refractivity contribution in [2.75, 3.05) is 0 Å². The first-order chi connectivity index (χ1) is 17.2. The Morgan fingerprint density at radius 2 is 1.80 bits per heavy atom. The van der Waals surface area contributed by atoms with Gasteiger partial charge in [-0.05, 0) is 36.4 Å². The zero-order chi connectivity index (χ0) is 24.0. The molecule has 0 radical (unpaired) electrons. The van der Waals surface area contributed by atoms with Crippen LogP contribution in [0.2, 0.25) is 5.02 Å². The van der Waals surface area contributed by atoms with Crippen LogP contribution in [0.4, 0.5) is 0 Å². The van der Waals surface area contributed by atoms with E-state index in [1.807, 2.05) is 77.4 Å². The van der Waals surface area contributed by atoms with Gasteiger partial charge in [-0.25, -0.2) is 4.98 Å². The highest BCUT2D eigenvalue weighted by Crippen LogP contribution is 2.32. The molecule has 174 valence electrons. The minimum absolute atomic E-state index is 0.206. The normalized spacial score (nSPS) is 10.9. The summed E-state index contributed by atoms with van der Waals surface area (Å²) < 4.78 is 7.47. The number of nitrogens with zero attached hydrogens (tertiary/aromatic N) is 5. The first-order valence-electron chi connectivity index (χ1n) is 10.7. The summed E-state index contributed by atoms with van der Waals surface area (Å²) >= 11 is 7.84. The SMILES string of the molecule is O=C(NCc1ccccn1)c1coc(CSc2nnc(-c3ccccc3Cl)n2-c2ccccc2)n1. The number of hydrogen-bond acceptors (Lipinski definition) is 7. The lowest BCUT2D eigenvalue weighted by atomic mass is 10.2. The maximum absolute atomic E-state index is 12.4. The van der Waals surface area contributed by atoms with E-state index in [0.29, 0.717) is 34.2 Å². The molecule has 0 aliphatic heterocycles. The number of benzene rings is 2. The number of para-hydroxylation sites is 1. The van der Waals surface area contributed by atoms with Gasteiger partial charge in [-0.1, -0.05) is 59.8 Å². The monoisotopic (exact) mass is 502 g/mol. The molecule has 0 atom stereocenters. The number of aromatic nitrogens is 5. The van der Waals surface area contributed by atoms with Crippen molar-refractivity contribution < 1.29 is 9.21 Å². The molecule has 5 aromatic rings. The van der Waals surface area contributed by atoms with Crippen LogP contribution in [-0.4, -0.2) is 30.6 Å². The van der Waals surface area contributed by atoms with E-state index in [9.17, 15) is 4.79 Å². The van der Waals surface area contributed by atoms with Gasteiger partial charge in [-0.2, -0.15) is 0 Å². The van der Waals surface area contributed by atoms with Crippen LogP contribution in [0.15, 0.2) is 94.8 Å². The topological polar surface area (TPSA) is 98.7 Å². The standard InChI is InChI=1S/C25H19ClN6O2S/c26-20-12-5-4-11-19(20)23-30-31-25(32(23)18-9-2-1-3-10-18)35-16-22-29-21(15-34-22)24(33)28-14-17-8-6-7-13-27-17/h1-13,15H,14,16H2,(H,28,33). The minimum atomic E-state index is -0.330. The summed E-state index contributed by atoms with van der Waals surface area (Å²) in [4.78, 5) is 20.9. The van der Waals surface area contributed by atoms with Crippen molar-refractivity contribution in [3.8, 4) is 17.1 Å². The number of oxazole rings is 1. The Hall–Kier alpha value is -3.95. The summed E-state index contributed by atoms with van der Waals surface area (Å²) in [5, 5.41) is 12.8. The number of amides is 1. The molecule has 0 unspecified atom stereocenters. The smallest absolute Gasteiger partial charge is 0.273 e. The maximum Gasteiger partial charge on any atom is 0.273 e. The number of carbonyl (C=O) groups is 1. The highest BCUT2D eigenvalue weighted by Gasteiger charge is 2.19. The molecule has 3 heterocycles. The third-order valence-corrected chi connectivity index (χ3v) is 6.27. The molecule has 1 N–H and O–H groups in total. The van der Waals surface area contributed by atoms with Gasteiger partial charge >= 0.3 is 0 Å². The highest BCUT2D eigenvalue weighted by atomic mass is 35.5. The van der Waals surface area contributed by atoms with E-state index < -0.39 is 0 Å². The van der Waals surface area contributed by atoms with Gasteiger partial charge in [0.15, 0.2) is 16.7 Å². The van der Waals surface area contributed by atoms with Crippen LogP contribution < -0.4 is 5.32 Å². The number of carbonyl (C=O) groups excluding carboxylic acids is 1. The molecule has 1 amide bonds. The lowest BCUT2D eigenvalue weighted by molar-refractivity contribution is 0.0945. The molecule has 5 rings (SSSR count). The Kier molecular flexibility index (Phi) is 6.87. The van der Waals surface area contributed by atoms with Crippen molar-refractivity contribution >= 4 is 29.3 Å². The zero-order valence-corrected chi connectivity index (χ0v) is 19.9. The summed E-state index contributed by atoms with van der Waals surface area (Å²) in [5.74, 6) is 1.07. The third-order valence-electron chi connectivity index (χ3n) is 5.03. The van der Waals surface area contributed by atoms with Crippen LogP contribution in [0.25, 0.3) is 17.1 Å². The molecule has 10 heteroatoms. The van der Waals surface area contributed by atoms with E-state index in [1.165, 1.54) is 18.0 Å². The molecule has 0 saturated heterocycles. The molecule has 0 saturated carbocycles. The van der Waals surface area contributed by atoms with Crippen molar-refractivity contribution in [1.29, 1.82) is 0 Å². The maximum atomic E-state index is 12.4. The Labute approximate surface area is 210 Å². The second-order valence-electron chi connectivity index (χ2n) is 7.38. The first kappa shape index (κ1) is 22.8. The number of rotatable bonds is 8. The van der Waals surface area contributed by atoms with E-state index >= 15 is 0 Å². The van der Waals surface area contributed by atoms with Crippen molar-refractivity contribution in [2.45, 2.75) is 17.5 Å². The largest absolute Gasteiger partial charge is 0.447 e. The van der Waals surface area contributed by atoms with Crippen LogP contribution in [0, 0.1) is 0 Å². The van der Waals surface area contributed by atoms with Crippen molar-refractivity contribution in [2.24, 2.45) is 0 Å². The van der Waals surface area contributed by atoms with Gasteiger partial charge in [0.2, 0.25) is 5.89 Å². The average Bonchev–Trinajstić information content (AvgIpc) is 3.55. The van der Waals surface area contributed by atoms with Crippen molar-refractivity contribution in [3.05, 3.63) is 108 Å². The van der Waals surface area contributed by atoms with Crippen LogP contribution in [0.3, 0.4) is 0 Å². The molecular formula is C25H19ClN6O2S. The Morgan fingerprint density at radius 3 is 2.60 bits per heavy atom. The number of hydrogen-bond donors (Lipinski definition) is 1. The quantitative estimate of drug-likeness (QED) is 0.291. The van der Waals surface area contributed by atoms with Crippen molar-refractivity contribution in [1.82, 2.24) is 30.0 Å². The fraction of sp³-hybridized carbons (Fsp3) is 0.0800. The third kappa shape index (κ3) is 5.26. The number of pyridine rings is 1. The van der Waals surface area contributed by atoms with Crippen LogP contribution in [0.1, 0.15) is 22.1 Å². The molecule has 0 bridgehead atoms.